The third kappa shape index (κ3) is 5.31. The molecule has 0 atom stereocenters. The molecule has 0 aliphatic carbocycles. The summed E-state index contributed by atoms with van der Waals surface area (Å²) >= 11 is 0. The van der Waals surface area contributed by atoms with E-state index in [1.165, 1.54) is 11.6 Å². The minimum absolute atomic E-state index is 0.112. The van der Waals surface area contributed by atoms with Crippen molar-refractivity contribution in [3.05, 3.63) is 71.3 Å². The second kappa shape index (κ2) is 11.4. The van der Waals surface area contributed by atoms with Gasteiger partial charge in [-0.2, -0.15) is 8.42 Å². The number of aromatic hydroxyl groups is 1. The summed E-state index contributed by atoms with van der Waals surface area (Å²) in [4.78, 5) is -0.140. The average molecular weight is 483 g/mol. The zero-order valence-corrected chi connectivity index (χ0v) is 21.5. The Morgan fingerprint density at radius 1 is 0.765 bits per heavy atom. The van der Waals surface area contributed by atoms with E-state index in [0.29, 0.717) is 16.3 Å². The highest BCUT2D eigenvalue weighted by Gasteiger charge is 2.38. The van der Waals surface area contributed by atoms with Gasteiger partial charge < -0.3 is 5.11 Å². The lowest BCUT2D eigenvalue weighted by Crippen LogP contribution is -2.30. The van der Waals surface area contributed by atoms with Crippen LogP contribution in [0.3, 0.4) is 0 Å². The molecule has 0 aliphatic rings. The molecule has 0 aromatic heterocycles. The van der Waals surface area contributed by atoms with Gasteiger partial charge in [0.25, 0.3) is 10.1 Å². The predicted molar refractivity (Wildman–Crippen MR) is 140 cm³/mol. The summed E-state index contributed by atoms with van der Waals surface area (Å²) in [6.45, 7) is 6.48. The molecule has 4 nitrogen and oxygen atoms in total. The van der Waals surface area contributed by atoms with Gasteiger partial charge in [-0.05, 0) is 42.9 Å². The molecule has 3 rings (SSSR count). The highest BCUT2D eigenvalue weighted by Crippen LogP contribution is 2.49. The molecule has 3 aromatic rings. The van der Waals surface area contributed by atoms with E-state index in [1.807, 2.05) is 6.07 Å². The van der Waals surface area contributed by atoms with E-state index in [4.69, 9.17) is 0 Å². The summed E-state index contributed by atoms with van der Waals surface area (Å²) in [6.07, 6.45) is 8.54. The molecule has 0 amide bonds. The third-order valence-electron chi connectivity index (χ3n) is 7.02. The number of benzene rings is 3. The first-order valence-corrected chi connectivity index (χ1v) is 14.0. The first kappa shape index (κ1) is 26.2. The predicted octanol–water partition coefficient (Wildman–Crippen LogP) is 7.80. The van der Waals surface area contributed by atoms with Crippen molar-refractivity contribution >= 4 is 20.9 Å². The van der Waals surface area contributed by atoms with Crippen molar-refractivity contribution in [2.75, 3.05) is 0 Å². The van der Waals surface area contributed by atoms with Crippen molar-refractivity contribution in [1.82, 2.24) is 0 Å². The topological polar surface area (TPSA) is 74.6 Å². The summed E-state index contributed by atoms with van der Waals surface area (Å²) < 4.78 is 35.1. The zero-order chi connectivity index (χ0) is 24.8. The summed E-state index contributed by atoms with van der Waals surface area (Å²) in [5.41, 5.74) is 2.46. The summed E-state index contributed by atoms with van der Waals surface area (Å²) in [6, 6.07) is 16.8. The first-order chi connectivity index (χ1) is 16.3. The average Bonchev–Trinajstić information content (AvgIpc) is 2.83. The fourth-order valence-electron chi connectivity index (χ4n) is 5.24. The summed E-state index contributed by atoms with van der Waals surface area (Å²) in [5, 5.41) is 12.4. The second-order valence-corrected chi connectivity index (χ2v) is 10.7. The van der Waals surface area contributed by atoms with Gasteiger partial charge >= 0.3 is 0 Å². The van der Waals surface area contributed by atoms with Crippen LogP contribution in [0.1, 0.15) is 88.8 Å². The minimum Gasteiger partial charge on any atom is -0.507 e. The lowest BCUT2D eigenvalue weighted by atomic mass is 9.65. The normalized spacial score (nSPS) is 12.4. The smallest absolute Gasteiger partial charge is 0.295 e. The molecule has 34 heavy (non-hydrogen) atoms. The molecule has 5 heteroatoms. The van der Waals surface area contributed by atoms with Crippen LogP contribution in [0.25, 0.3) is 10.8 Å². The molecular formula is C29H38O4S. The van der Waals surface area contributed by atoms with Crippen molar-refractivity contribution in [3.8, 4) is 5.75 Å². The Balaban J connectivity index is 2.44. The number of unbranched alkanes of at least 4 members (excludes halogenated alkanes) is 3. The lowest BCUT2D eigenvalue weighted by Gasteiger charge is -2.38. The largest absolute Gasteiger partial charge is 0.507 e. The Hall–Kier alpha value is -2.37. The quantitative estimate of drug-likeness (QED) is 0.258. The van der Waals surface area contributed by atoms with Crippen LogP contribution >= 0.6 is 0 Å². The molecule has 0 unspecified atom stereocenters. The maximum atomic E-state index is 12.5. The third-order valence-corrected chi connectivity index (χ3v) is 7.91. The Labute approximate surface area is 204 Å². The first-order valence-electron chi connectivity index (χ1n) is 12.6. The molecule has 0 fully saturated rings. The number of hydrogen-bond donors (Lipinski definition) is 2. The van der Waals surface area contributed by atoms with E-state index in [-0.39, 0.29) is 10.6 Å². The molecule has 3 aromatic carbocycles. The van der Waals surface area contributed by atoms with Crippen LogP contribution in [0.4, 0.5) is 0 Å². The fourth-order valence-corrected chi connectivity index (χ4v) is 5.97. The van der Waals surface area contributed by atoms with Crippen LogP contribution in [0, 0.1) is 0 Å². The Bertz CT molecular complexity index is 1210. The highest BCUT2D eigenvalue weighted by atomic mass is 32.2. The van der Waals surface area contributed by atoms with Crippen molar-refractivity contribution in [2.24, 2.45) is 0 Å². The van der Waals surface area contributed by atoms with Gasteiger partial charge in [0.05, 0.1) is 0 Å². The van der Waals surface area contributed by atoms with Gasteiger partial charge in [0, 0.05) is 21.8 Å². The molecular weight excluding hydrogens is 444 g/mol. The SMILES string of the molecule is CCCCc1ccccc1C(CCCC)(CCCC)c1cc(S(=O)(=O)O)c2ccccc2c1O. The van der Waals surface area contributed by atoms with Crippen molar-refractivity contribution in [1.29, 1.82) is 0 Å². The van der Waals surface area contributed by atoms with Gasteiger partial charge in [-0.1, -0.05) is 101 Å². The molecule has 0 radical (unpaired) electrons. The Morgan fingerprint density at radius 3 is 1.91 bits per heavy atom. The van der Waals surface area contributed by atoms with Crippen LogP contribution in [0.5, 0.6) is 5.75 Å². The number of aryl methyl sites for hydroxylation is 1. The maximum Gasteiger partial charge on any atom is 0.295 e. The fraction of sp³-hybridized carbons (Fsp3) is 0.448. The monoisotopic (exact) mass is 482 g/mol. The van der Waals surface area contributed by atoms with E-state index >= 15 is 0 Å². The number of phenols is 1. The lowest BCUT2D eigenvalue weighted by molar-refractivity contribution is 0.379. The van der Waals surface area contributed by atoms with Crippen LogP contribution in [-0.2, 0) is 22.0 Å². The number of phenolic OH excluding ortho intramolecular Hbond substituents is 1. The molecule has 0 bridgehead atoms. The summed E-state index contributed by atoms with van der Waals surface area (Å²) in [7, 11) is -4.49. The van der Waals surface area contributed by atoms with Crippen LogP contribution in [-0.4, -0.2) is 18.1 Å². The highest BCUT2D eigenvalue weighted by molar-refractivity contribution is 7.86. The number of fused-ring (bicyclic) bond motifs is 1. The summed E-state index contributed by atoms with van der Waals surface area (Å²) in [5.74, 6) is 0.112. The van der Waals surface area contributed by atoms with E-state index < -0.39 is 15.5 Å². The van der Waals surface area contributed by atoms with Gasteiger partial charge in [-0.15, -0.1) is 0 Å². The van der Waals surface area contributed by atoms with Gasteiger partial charge in [0.1, 0.15) is 10.6 Å². The van der Waals surface area contributed by atoms with Gasteiger partial charge in [-0.25, -0.2) is 0 Å². The molecule has 0 heterocycles. The van der Waals surface area contributed by atoms with E-state index in [2.05, 4.69) is 39.0 Å². The van der Waals surface area contributed by atoms with E-state index in [1.54, 1.807) is 24.3 Å². The van der Waals surface area contributed by atoms with Crippen LogP contribution < -0.4 is 0 Å². The van der Waals surface area contributed by atoms with Gasteiger partial charge in [-0.3, -0.25) is 4.55 Å². The Kier molecular flexibility index (Phi) is 8.78. The molecule has 0 saturated carbocycles. The number of rotatable bonds is 12. The molecule has 2 N–H and O–H groups in total. The molecule has 184 valence electrons. The van der Waals surface area contributed by atoms with Crippen LogP contribution in [0.2, 0.25) is 0 Å². The Morgan fingerprint density at radius 2 is 1.32 bits per heavy atom. The maximum absolute atomic E-state index is 12.5. The van der Waals surface area contributed by atoms with Crippen molar-refractivity contribution in [3.63, 3.8) is 0 Å². The molecule has 0 saturated heterocycles. The van der Waals surface area contributed by atoms with E-state index in [0.717, 1.165) is 63.4 Å². The van der Waals surface area contributed by atoms with Crippen molar-refractivity contribution < 1.29 is 18.1 Å². The molecule has 0 aliphatic heterocycles. The van der Waals surface area contributed by atoms with E-state index in [9.17, 15) is 18.1 Å². The van der Waals surface area contributed by atoms with Gasteiger partial charge in [0.2, 0.25) is 0 Å². The number of hydrogen-bond acceptors (Lipinski definition) is 3. The molecule has 0 spiro atoms. The minimum atomic E-state index is -4.49. The van der Waals surface area contributed by atoms with Crippen molar-refractivity contribution in [2.45, 2.75) is 88.9 Å². The van der Waals surface area contributed by atoms with Crippen LogP contribution in [0.15, 0.2) is 59.5 Å². The van der Waals surface area contributed by atoms with Gasteiger partial charge in [0.15, 0.2) is 0 Å². The second-order valence-electron chi connectivity index (χ2n) is 9.34. The zero-order valence-electron chi connectivity index (χ0n) is 20.7. The standard InChI is InChI=1S/C29H38O4S/c1-4-7-14-22-15-10-13-18-25(22)29(19-8-5-2,20-9-6-3)26-21-27(34(31,32)33)23-16-11-12-17-24(23)28(26)30/h10-13,15-18,21,30H,4-9,14,19-20H2,1-3H3,(H,31,32,33).